The number of aromatic amines is 1. The summed E-state index contributed by atoms with van der Waals surface area (Å²) < 4.78 is 5.32. The Morgan fingerprint density at radius 2 is 2.17 bits per heavy atom. The minimum absolute atomic E-state index is 0.0471. The highest BCUT2D eigenvalue weighted by Gasteiger charge is 2.22. The SMILES string of the molecule is O=C1COc2cccc(C(=O)Nc3ccc4cn[nH]c4c3)c2N1. The number of nitrogens with one attached hydrogen (secondary N) is 3. The predicted molar refractivity (Wildman–Crippen MR) is 84.6 cm³/mol. The largest absolute Gasteiger partial charge is 0.482 e. The number of benzene rings is 2. The number of nitrogens with zero attached hydrogens (tertiary/aromatic N) is 1. The van der Waals surface area contributed by atoms with E-state index in [-0.39, 0.29) is 18.4 Å². The van der Waals surface area contributed by atoms with Crippen molar-refractivity contribution in [3.8, 4) is 5.75 Å². The van der Waals surface area contributed by atoms with Gasteiger partial charge in [-0.1, -0.05) is 6.07 Å². The molecule has 0 radical (unpaired) electrons. The molecule has 4 rings (SSSR count). The number of rotatable bonds is 2. The van der Waals surface area contributed by atoms with Crippen LogP contribution in [0, 0.1) is 0 Å². The fourth-order valence-corrected chi connectivity index (χ4v) is 2.50. The average molecular weight is 308 g/mol. The maximum Gasteiger partial charge on any atom is 0.262 e. The quantitative estimate of drug-likeness (QED) is 0.676. The van der Waals surface area contributed by atoms with Crippen molar-refractivity contribution in [1.29, 1.82) is 0 Å². The number of carbonyl (C=O) groups excluding carboxylic acids is 2. The summed E-state index contributed by atoms with van der Waals surface area (Å²) in [6.07, 6.45) is 1.71. The van der Waals surface area contributed by atoms with Crippen molar-refractivity contribution in [3.63, 3.8) is 0 Å². The van der Waals surface area contributed by atoms with E-state index in [2.05, 4.69) is 20.8 Å². The molecule has 0 atom stereocenters. The van der Waals surface area contributed by atoms with E-state index in [9.17, 15) is 9.59 Å². The Morgan fingerprint density at radius 1 is 1.26 bits per heavy atom. The van der Waals surface area contributed by atoms with Gasteiger partial charge in [0.1, 0.15) is 5.75 Å². The Kier molecular flexibility index (Phi) is 2.97. The lowest BCUT2D eigenvalue weighted by molar-refractivity contribution is -0.118. The maximum atomic E-state index is 12.5. The zero-order valence-corrected chi connectivity index (χ0v) is 11.9. The first kappa shape index (κ1) is 13.3. The van der Waals surface area contributed by atoms with Crippen molar-refractivity contribution in [2.45, 2.75) is 0 Å². The van der Waals surface area contributed by atoms with Crippen LogP contribution in [0.15, 0.2) is 42.6 Å². The highest BCUT2D eigenvalue weighted by atomic mass is 16.5. The molecule has 23 heavy (non-hydrogen) atoms. The smallest absolute Gasteiger partial charge is 0.262 e. The third kappa shape index (κ3) is 2.38. The molecular weight excluding hydrogens is 296 g/mol. The van der Waals surface area contributed by atoms with Crippen LogP contribution in [0.4, 0.5) is 11.4 Å². The van der Waals surface area contributed by atoms with Gasteiger partial charge in [-0.3, -0.25) is 14.7 Å². The maximum absolute atomic E-state index is 12.5. The van der Waals surface area contributed by atoms with Crippen molar-refractivity contribution in [1.82, 2.24) is 10.2 Å². The standard InChI is InChI=1S/C16H12N4O3/c21-14-8-23-13-3-1-2-11(15(13)19-14)16(22)18-10-5-4-9-7-17-20-12(9)6-10/h1-7H,8H2,(H,17,20)(H,18,22)(H,19,21). The minimum atomic E-state index is -0.327. The van der Waals surface area contributed by atoms with Gasteiger partial charge in [0, 0.05) is 11.1 Å². The third-order valence-corrected chi connectivity index (χ3v) is 3.59. The molecule has 2 amide bonds. The number of hydrogen-bond acceptors (Lipinski definition) is 4. The lowest BCUT2D eigenvalue weighted by Crippen LogP contribution is -2.27. The van der Waals surface area contributed by atoms with Crippen molar-refractivity contribution >= 4 is 34.1 Å². The van der Waals surface area contributed by atoms with E-state index >= 15 is 0 Å². The van der Waals surface area contributed by atoms with Crippen LogP contribution in [0.25, 0.3) is 10.9 Å². The number of H-pyrrole nitrogens is 1. The van der Waals surface area contributed by atoms with Gasteiger partial charge >= 0.3 is 0 Å². The Bertz CT molecular complexity index is 932. The third-order valence-electron chi connectivity index (χ3n) is 3.59. The van der Waals surface area contributed by atoms with Gasteiger partial charge in [0.2, 0.25) is 0 Å². The first-order valence-corrected chi connectivity index (χ1v) is 7.01. The topological polar surface area (TPSA) is 96.1 Å². The lowest BCUT2D eigenvalue weighted by Gasteiger charge is -2.20. The zero-order chi connectivity index (χ0) is 15.8. The number of hydrogen-bond donors (Lipinski definition) is 3. The van der Waals surface area contributed by atoms with Crippen LogP contribution < -0.4 is 15.4 Å². The molecule has 1 aliphatic rings. The molecule has 3 N–H and O–H groups in total. The average Bonchev–Trinajstić information content (AvgIpc) is 3.01. The first-order valence-electron chi connectivity index (χ1n) is 7.01. The Labute approximate surface area is 130 Å². The highest BCUT2D eigenvalue weighted by Crippen LogP contribution is 2.31. The molecule has 3 aromatic rings. The Morgan fingerprint density at radius 3 is 3.09 bits per heavy atom. The second-order valence-corrected chi connectivity index (χ2v) is 5.14. The van der Waals surface area contributed by atoms with Crippen molar-refractivity contribution in [2.24, 2.45) is 0 Å². The van der Waals surface area contributed by atoms with Crippen LogP contribution >= 0.6 is 0 Å². The molecular formula is C16H12N4O3. The fraction of sp³-hybridized carbons (Fsp3) is 0.0625. The molecule has 0 aliphatic carbocycles. The summed E-state index contributed by atoms with van der Waals surface area (Å²) in [5, 5.41) is 13.2. The van der Waals surface area contributed by atoms with E-state index in [0.29, 0.717) is 22.7 Å². The molecule has 1 aromatic heterocycles. The molecule has 0 saturated carbocycles. The van der Waals surface area contributed by atoms with E-state index in [1.54, 1.807) is 36.5 Å². The summed E-state index contributed by atoms with van der Waals surface area (Å²) >= 11 is 0. The molecule has 0 spiro atoms. The fourth-order valence-electron chi connectivity index (χ4n) is 2.50. The first-order chi connectivity index (χ1) is 11.2. The number of amides is 2. The number of carbonyl (C=O) groups is 2. The van der Waals surface area contributed by atoms with Gasteiger partial charge in [0.05, 0.1) is 23.0 Å². The summed E-state index contributed by atoms with van der Waals surface area (Å²) in [5.74, 6) is -0.121. The van der Waals surface area contributed by atoms with E-state index in [1.807, 2.05) is 6.07 Å². The molecule has 0 bridgehead atoms. The van der Waals surface area contributed by atoms with Crippen LogP contribution in [-0.4, -0.2) is 28.6 Å². The molecule has 114 valence electrons. The van der Waals surface area contributed by atoms with Crippen LogP contribution in [0.3, 0.4) is 0 Å². The Hall–Kier alpha value is -3.35. The second kappa shape index (κ2) is 5.13. The highest BCUT2D eigenvalue weighted by molar-refractivity contribution is 6.12. The number of para-hydroxylation sites is 1. The van der Waals surface area contributed by atoms with Gasteiger partial charge in [-0.15, -0.1) is 0 Å². The van der Waals surface area contributed by atoms with Crippen LogP contribution in [0.1, 0.15) is 10.4 Å². The number of ether oxygens (including phenoxy) is 1. The molecule has 0 fully saturated rings. The zero-order valence-electron chi connectivity index (χ0n) is 11.9. The summed E-state index contributed by atoms with van der Waals surface area (Å²) in [4.78, 5) is 24.0. The molecule has 7 heteroatoms. The normalized spacial score (nSPS) is 13.1. The summed E-state index contributed by atoms with van der Waals surface area (Å²) in [7, 11) is 0. The number of anilines is 2. The molecule has 2 aromatic carbocycles. The summed E-state index contributed by atoms with van der Waals surface area (Å²) in [5.41, 5.74) is 2.20. The summed E-state index contributed by atoms with van der Waals surface area (Å²) in [6.45, 7) is -0.0471. The van der Waals surface area contributed by atoms with E-state index < -0.39 is 0 Å². The van der Waals surface area contributed by atoms with Crippen LogP contribution in [-0.2, 0) is 4.79 Å². The predicted octanol–water partition coefficient (Wildman–Crippen LogP) is 2.15. The molecule has 2 heterocycles. The van der Waals surface area contributed by atoms with Crippen molar-refractivity contribution in [2.75, 3.05) is 17.2 Å². The van der Waals surface area contributed by atoms with E-state index in [4.69, 9.17) is 4.74 Å². The molecule has 0 unspecified atom stereocenters. The van der Waals surface area contributed by atoms with Gasteiger partial charge in [-0.25, -0.2) is 0 Å². The molecule has 0 saturated heterocycles. The summed E-state index contributed by atoms with van der Waals surface area (Å²) in [6, 6.07) is 10.5. The number of fused-ring (bicyclic) bond motifs is 2. The minimum Gasteiger partial charge on any atom is -0.482 e. The van der Waals surface area contributed by atoms with Gasteiger partial charge in [0.25, 0.3) is 11.8 Å². The van der Waals surface area contributed by atoms with Gasteiger partial charge in [0.15, 0.2) is 6.61 Å². The number of aromatic nitrogens is 2. The molecule has 7 nitrogen and oxygen atoms in total. The van der Waals surface area contributed by atoms with E-state index in [0.717, 1.165) is 10.9 Å². The Balaban J connectivity index is 1.65. The van der Waals surface area contributed by atoms with Gasteiger partial charge < -0.3 is 15.4 Å². The monoisotopic (exact) mass is 308 g/mol. The van der Waals surface area contributed by atoms with Crippen molar-refractivity contribution < 1.29 is 14.3 Å². The lowest BCUT2D eigenvalue weighted by atomic mass is 10.1. The molecule has 1 aliphatic heterocycles. The van der Waals surface area contributed by atoms with Crippen LogP contribution in [0.2, 0.25) is 0 Å². The van der Waals surface area contributed by atoms with Crippen LogP contribution in [0.5, 0.6) is 5.75 Å². The van der Waals surface area contributed by atoms with Gasteiger partial charge in [-0.05, 0) is 30.3 Å². The van der Waals surface area contributed by atoms with Gasteiger partial charge in [-0.2, -0.15) is 5.10 Å². The van der Waals surface area contributed by atoms with Crippen molar-refractivity contribution in [3.05, 3.63) is 48.2 Å². The second-order valence-electron chi connectivity index (χ2n) is 5.14. The van der Waals surface area contributed by atoms with E-state index in [1.165, 1.54) is 0 Å².